The largest absolute Gasteiger partial charge is 0.392 e. The molecule has 156 valence electrons. The second-order valence-corrected chi connectivity index (χ2v) is 8.71. The minimum absolute atomic E-state index is 0.466. The van der Waals surface area contributed by atoms with Crippen LogP contribution in [0.5, 0.6) is 0 Å². The summed E-state index contributed by atoms with van der Waals surface area (Å²) in [6.45, 7) is 0. The van der Waals surface area contributed by atoms with E-state index in [0.29, 0.717) is 0 Å². The van der Waals surface area contributed by atoms with Gasteiger partial charge in [-0.25, -0.2) is 0 Å². The van der Waals surface area contributed by atoms with Crippen molar-refractivity contribution >= 4 is 45.0 Å². The molecule has 0 radical (unpaired) electrons. The molecule has 0 amide bonds. The summed E-state index contributed by atoms with van der Waals surface area (Å²) in [7, 11) is 0. The molecule has 1 heterocycles. The summed E-state index contributed by atoms with van der Waals surface area (Å²) < 4.78 is 5.29. The van der Waals surface area contributed by atoms with E-state index < -0.39 is 23.8 Å². The van der Waals surface area contributed by atoms with Crippen molar-refractivity contribution in [2.24, 2.45) is 11.8 Å². The number of benzene rings is 4. The molecular formula is C30H18O3. The topological polar surface area (TPSA) is 43.4 Å². The van der Waals surface area contributed by atoms with Crippen LogP contribution in [0.15, 0.2) is 97.1 Å². The van der Waals surface area contributed by atoms with E-state index in [1.54, 1.807) is 0 Å². The maximum atomic E-state index is 13.2. The fraction of sp³-hybridized carbons (Fsp3) is 0.0667. The predicted octanol–water partition coefficient (Wildman–Crippen LogP) is 6.00. The lowest BCUT2D eigenvalue weighted by Crippen LogP contribution is -2.26. The lowest BCUT2D eigenvalue weighted by molar-refractivity contribution is -0.153. The number of ether oxygens (including phenoxy) is 1. The summed E-state index contributed by atoms with van der Waals surface area (Å²) in [5, 5.41) is 2.32. The van der Waals surface area contributed by atoms with E-state index in [-0.39, 0.29) is 0 Å². The van der Waals surface area contributed by atoms with E-state index in [0.717, 1.165) is 49.9 Å². The second-order valence-electron chi connectivity index (χ2n) is 8.71. The highest BCUT2D eigenvalue weighted by Crippen LogP contribution is 2.60. The summed E-state index contributed by atoms with van der Waals surface area (Å²) in [5.41, 5.74) is 7.96. The molecule has 0 unspecified atom stereocenters. The quantitative estimate of drug-likeness (QED) is 0.291. The van der Waals surface area contributed by atoms with Crippen molar-refractivity contribution in [3.05, 3.63) is 119 Å². The first-order valence-corrected chi connectivity index (χ1v) is 11.1. The molecule has 3 heteroatoms. The van der Waals surface area contributed by atoms with Crippen molar-refractivity contribution in [1.82, 2.24) is 0 Å². The summed E-state index contributed by atoms with van der Waals surface area (Å²) in [5.74, 6) is -2.27. The van der Waals surface area contributed by atoms with Crippen LogP contribution in [0.3, 0.4) is 0 Å². The average Bonchev–Trinajstić information content (AvgIpc) is 3.35. The van der Waals surface area contributed by atoms with E-state index in [1.165, 1.54) is 5.39 Å². The number of carbonyl (C=O) groups excluding carboxylic acids is 2. The van der Waals surface area contributed by atoms with Gasteiger partial charge in [0.25, 0.3) is 0 Å². The highest BCUT2D eigenvalue weighted by Gasteiger charge is 2.54. The van der Waals surface area contributed by atoms with Gasteiger partial charge in [-0.15, -0.1) is 0 Å². The molecule has 1 aliphatic heterocycles. The maximum absolute atomic E-state index is 13.2. The molecule has 2 aliphatic carbocycles. The zero-order valence-corrected chi connectivity index (χ0v) is 17.6. The van der Waals surface area contributed by atoms with E-state index >= 15 is 0 Å². The molecule has 0 saturated carbocycles. The van der Waals surface area contributed by atoms with Gasteiger partial charge in [0.1, 0.15) is 11.8 Å². The van der Waals surface area contributed by atoms with Crippen molar-refractivity contribution in [1.29, 1.82) is 0 Å². The van der Waals surface area contributed by atoms with E-state index in [1.807, 2.05) is 60.7 Å². The van der Waals surface area contributed by atoms with Crippen molar-refractivity contribution in [2.75, 3.05) is 0 Å². The summed E-state index contributed by atoms with van der Waals surface area (Å²) in [6.07, 6.45) is 0. The van der Waals surface area contributed by atoms with Gasteiger partial charge >= 0.3 is 11.9 Å². The molecule has 2 atom stereocenters. The normalized spacial score (nSPS) is 20.8. The molecule has 4 aromatic carbocycles. The Morgan fingerprint density at radius 3 is 1.42 bits per heavy atom. The van der Waals surface area contributed by atoms with Gasteiger partial charge in [0.2, 0.25) is 0 Å². The standard InChI is InChI=1S/C30H18O3/c31-29-27-23(18-9-3-1-4-10-18)25-20-15-7-13-17-14-8-16-21(22(17)20)26(25)24(28(27)30(32)33-29)19-11-5-2-6-12-19/h1-16,27-28H/t27-,28-/m1/s1. The van der Waals surface area contributed by atoms with Crippen LogP contribution in [0.1, 0.15) is 22.3 Å². The fourth-order valence-electron chi connectivity index (χ4n) is 5.85. The number of carbonyl (C=O) groups is 2. The maximum Gasteiger partial charge on any atom is 0.322 e. The van der Waals surface area contributed by atoms with Gasteiger partial charge in [-0.05, 0) is 55.3 Å². The van der Waals surface area contributed by atoms with E-state index in [2.05, 4.69) is 36.4 Å². The molecular weight excluding hydrogens is 408 g/mol. The van der Waals surface area contributed by atoms with Crippen LogP contribution in [-0.4, -0.2) is 11.9 Å². The monoisotopic (exact) mass is 426 g/mol. The molecule has 0 aromatic heterocycles. The lowest BCUT2D eigenvalue weighted by Gasteiger charge is -2.30. The number of cyclic esters (lactones) is 2. The van der Waals surface area contributed by atoms with Gasteiger partial charge in [-0.1, -0.05) is 97.1 Å². The van der Waals surface area contributed by atoms with Gasteiger partial charge in [-0.2, -0.15) is 0 Å². The number of hydrogen-bond donors (Lipinski definition) is 0. The van der Waals surface area contributed by atoms with Crippen LogP contribution < -0.4 is 0 Å². The van der Waals surface area contributed by atoms with Gasteiger partial charge < -0.3 is 4.74 Å². The third kappa shape index (κ3) is 2.39. The number of allylic oxidation sites excluding steroid dienone is 2. The number of esters is 2. The molecule has 33 heavy (non-hydrogen) atoms. The molecule has 3 aliphatic rings. The van der Waals surface area contributed by atoms with Crippen LogP contribution in [-0.2, 0) is 14.3 Å². The van der Waals surface area contributed by atoms with Gasteiger partial charge in [-0.3, -0.25) is 9.59 Å². The molecule has 3 nitrogen and oxygen atoms in total. The van der Waals surface area contributed by atoms with Crippen LogP contribution >= 0.6 is 0 Å². The van der Waals surface area contributed by atoms with Crippen LogP contribution in [0.4, 0.5) is 0 Å². The molecule has 1 saturated heterocycles. The molecule has 4 aromatic rings. The van der Waals surface area contributed by atoms with Crippen molar-refractivity contribution in [2.45, 2.75) is 0 Å². The Labute approximate surface area is 190 Å². The lowest BCUT2D eigenvalue weighted by atomic mass is 9.68. The third-order valence-corrected chi connectivity index (χ3v) is 7.07. The fourth-order valence-corrected chi connectivity index (χ4v) is 5.85. The Morgan fingerprint density at radius 1 is 0.515 bits per heavy atom. The molecule has 0 N–H and O–H groups in total. The third-order valence-electron chi connectivity index (χ3n) is 7.07. The second kappa shape index (κ2) is 6.63. The SMILES string of the molecule is O=C1OC(=O)[C@@H]2C(c3ccccc3)=C3C(=C(c4ccccc4)[C@@H]12)c1cccc2cccc3c12. The molecule has 7 rings (SSSR count). The summed E-state index contributed by atoms with van der Waals surface area (Å²) in [4.78, 5) is 26.4. The molecule has 0 spiro atoms. The zero-order valence-electron chi connectivity index (χ0n) is 17.6. The van der Waals surface area contributed by atoms with Crippen LogP contribution in [0, 0.1) is 11.8 Å². The Hall–Kier alpha value is -4.24. The van der Waals surface area contributed by atoms with Crippen LogP contribution in [0.2, 0.25) is 0 Å². The predicted molar refractivity (Wildman–Crippen MR) is 129 cm³/mol. The smallest absolute Gasteiger partial charge is 0.322 e. The minimum atomic E-state index is -0.668. The minimum Gasteiger partial charge on any atom is -0.392 e. The van der Waals surface area contributed by atoms with Crippen molar-refractivity contribution in [3.63, 3.8) is 0 Å². The van der Waals surface area contributed by atoms with Gasteiger partial charge in [0.15, 0.2) is 0 Å². The van der Waals surface area contributed by atoms with E-state index in [9.17, 15) is 9.59 Å². The van der Waals surface area contributed by atoms with Crippen LogP contribution in [0.25, 0.3) is 33.1 Å². The number of fused-ring (bicyclic) bond motifs is 4. The Kier molecular flexibility index (Phi) is 3.68. The Morgan fingerprint density at radius 2 is 0.970 bits per heavy atom. The first-order chi connectivity index (χ1) is 16.2. The first kappa shape index (κ1) is 18.3. The number of rotatable bonds is 2. The van der Waals surface area contributed by atoms with Crippen molar-refractivity contribution < 1.29 is 14.3 Å². The number of hydrogen-bond acceptors (Lipinski definition) is 3. The first-order valence-electron chi connectivity index (χ1n) is 11.1. The van der Waals surface area contributed by atoms with Gasteiger partial charge in [0, 0.05) is 0 Å². The molecule has 1 fully saturated rings. The highest BCUT2D eigenvalue weighted by molar-refractivity contribution is 6.37. The van der Waals surface area contributed by atoms with Gasteiger partial charge in [0.05, 0.1) is 0 Å². The van der Waals surface area contributed by atoms with E-state index in [4.69, 9.17) is 4.74 Å². The summed E-state index contributed by atoms with van der Waals surface area (Å²) >= 11 is 0. The zero-order chi connectivity index (χ0) is 22.1. The summed E-state index contributed by atoms with van der Waals surface area (Å²) in [6, 6.07) is 32.5. The van der Waals surface area contributed by atoms with Crippen molar-refractivity contribution in [3.8, 4) is 0 Å². The molecule has 0 bridgehead atoms. The Balaban J connectivity index is 1.71. The highest BCUT2D eigenvalue weighted by atomic mass is 16.6. The Bertz CT molecular complexity index is 1440. The average molecular weight is 426 g/mol.